The number of rotatable bonds is 6. The molecule has 0 atom stereocenters. The van der Waals surface area contributed by atoms with Gasteiger partial charge in [0.2, 0.25) is 0 Å². The Hall–Kier alpha value is -2.01. The molecule has 5 nitrogen and oxygen atoms in total. The highest BCUT2D eigenvalue weighted by Crippen LogP contribution is 2.13. The third-order valence-electron chi connectivity index (χ3n) is 2.96. The molecule has 2 N–H and O–H groups in total. The molecule has 0 spiro atoms. The van der Waals surface area contributed by atoms with E-state index in [9.17, 15) is 4.79 Å². The van der Waals surface area contributed by atoms with Crippen molar-refractivity contribution in [1.82, 2.24) is 9.97 Å². The Bertz CT molecular complexity index is 600. The molecule has 0 saturated heterocycles. The Balaban J connectivity index is 1.79. The van der Waals surface area contributed by atoms with Crippen LogP contribution in [0.5, 0.6) is 0 Å². The summed E-state index contributed by atoms with van der Waals surface area (Å²) in [5.74, 6) is 0.429. The minimum absolute atomic E-state index is 0.101. The standard InChI is InChI=1S/C14H17ClN4O/c1-19(11-6-3-2-4-7-11)9-5-8-16-13-12(15)14(20)18-10-17-13/h2-4,6-7,10H,5,8-9H2,1H3,(H2,16,17,18,20). The summed E-state index contributed by atoms with van der Waals surface area (Å²) in [7, 11) is 2.05. The van der Waals surface area contributed by atoms with Crippen molar-refractivity contribution in [3.05, 3.63) is 52.0 Å². The highest BCUT2D eigenvalue weighted by atomic mass is 35.5. The second-order valence-corrected chi connectivity index (χ2v) is 4.81. The summed E-state index contributed by atoms with van der Waals surface area (Å²) in [4.78, 5) is 19.9. The first-order valence-electron chi connectivity index (χ1n) is 6.41. The monoisotopic (exact) mass is 292 g/mol. The molecule has 0 radical (unpaired) electrons. The van der Waals surface area contributed by atoms with Crippen LogP contribution in [0.3, 0.4) is 0 Å². The third-order valence-corrected chi connectivity index (χ3v) is 3.31. The van der Waals surface area contributed by atoms with Crippen LogP contribution in [0.1, 0.15) is 6.42 Å². The minimum atomic E-state index is -0.328. The van der Waals surface area contributed by atoms with Crippen molar-refractivity contribution in [3.8, 4) is 0 Å². The van der Waals surface area contributed by atoms with Crippen LogP contribution in [0.2, 0.25) is 5.02 Å². The zero-order valence-corrected chi connectivity index (χ0v) is 12.0. The van der Waals surface area contributed by atoms with Crippen LogP contribution in [-0.2, 0) is 0 Å². The van der Waals surface area contributed by atoms with E-state index in [-0.39, 0.29) is 10.6 Å². The topological polar surface area (TPSA) is 61.0 Å². The van der Waals surface area contributed by atoms with Gasteiger partial charge in [0.05, 0.1) is 6.33 Å². The Labute approximate surface area is 122 Å². The molecule has 0 saturated carbocycles. The lowest BCUT2D eigenvalue weighted by Crippen LogP contribution is -2.21. The molecule has 2 aromatic rings. The maximum absolute atomic E-state index is 11.3. The maximum Gasteiger partial charge on any atom is 0.271 e. The van der Waals surface area contributed by atoms with Gasteiger partial charge in [-0.15, -0.1) is 0 Å². The number of nitrogens with one attached hydrogen (secondary N) is 2. The molecule has 0 bridgehead atoms. The van der Waals surface area contributed by atoms with Gasteiger partial charge >= 0.3 is 0 Å². The van der Waals surface area contributed by atoms with Crippen molar-refractivity contribution < 1.29 is 0 Å². The van der Waals surface area contributed by atoms with Gasteiger partial charge in [0.1, 0.15) is 5.02 Å². The molecule has 1 aromatic heterocycles. The molecule has 1 heterocycles. The predicted molar refractivity (Wildman–Crippen MR) is 82.7 cm³/mol. The van der Waals surface area contributed by atoms with E-state index in [1.165, 1.54) is 12.0 Å². The molecular weight excluding hydrogens is 276 g/mol. The fourth-order valence-corrected chi connectivity index (χ4v) is 2.01. The van der Waals surface area contributed by atoms with Gasteiger partial charge in [-0.05, 0) is 18.6 Å². The summed E-state index contributed by atoms with van der Waals surface area (Å²) < 4.78 is 0. The van der Waals surface area contributed by atoms with Crippen molar-refractivity contribution in [2.75, 3.05) is 30.4 Å². The number of anilines is 2. The van der Waals surface area contributed by atoms with E-state index < -0.39 is 0 Å². The Morgan fingerprint density at radius 3 is 2.85 bits per heavy atom. The Morgan fingerprint density at radius 2 is 2.10 bits per heavy atom. The zero-order chi connectivity index (χ0) is 14.4. The largest absolute Gasteiger partial charge is 0.375 e. The molecule has 1 aromatic carbocycles. The van der Waals surface area contributed by atoms with Crippen LogP contribution in [0, 0.1) is 0 Å². The molecular formula is C14H17ClN4O. The zero-order valence-electron chi connectivity index (χ0n) is 11.3. The van der Waals surface area contributed by atoms with Gasteiger partial charge < -0.3 is 15.2 Å². The lowest BCUT2D eigenvalue weighted by molar-refractivity contribution is 0.813. The summed E-state index contributed by atoms with van der Waals surface area (Å²) >= 11 is 5.85. The average Bonchev–Trinajstić information content (AvgIpc) is 2.48. The van der Waals surface area contributed by atoms with Gasteiger partial charge in [-0.2, -0.15) is 0 Å². The van der Waals surface area contributed by atoms with Gasteiger partial charge in [0.25, 0.3) is 5.56 Å². The summed E-state index contributed by atoms with van der Waals surface area (Å²) in [5.41, 5.74) is 0.852. The van der Waals surface area contributed by atoms with E-state index in [2.05, 4.69) is 32.3 Å². The van der Waals surface area contributed by atoms with Crippen molar-refractivity contribution in [3.63, 3.8) is 0 Å². The Kier molecular flexibility index (Phi) is 5.01. The van der Waals surface area contributed by atoms with Crippen LogP contribution in [0.15, 0.2) is 41.5 Å². The summed E-state index contributed by atoms with van der Waals surface area (Å²) in [6.45, 7) is 1.60. The van der Waals surface area contributed by atoms with Crippen molar-refractivity contribution in [2.24, 2.45) is 0 Å². The molecule has 0 unspecified atom stereocenters. The van der Waals surface area contributed by atoms with Crippen molar-refractivity contribution in [1.29, 1.82) is 0 Å². The van der Waals surface area contributed by atoms with Crippen LogP contribution >= 0.6 is 11.6 Å². The first-order chi connectivity index (χ1) is 9.68. The van der Waals surface area contributed by atoms with Gasteiger partial charge in [-0.25, -0.2) is 4.98 Å². The normalized spacial score (nSPS) is 10.3. The molecule has 106 valence electrons. The second kappa shape index (κ2) is 6.96. The highest BCUT2D eigenvalue weighted by molar-refractivity contribution is 6.32. The van der Waals surface area contributed by atoms with E-state index in [1.807, 2.05) is 25.2 Å². The first-order valence-corrected chi connectivity index (χ1v) is 6.79. The number of H-pyrrole nitrogens is 1. The first kappa shape index (κ1) is 14.4. The average molecular weight is 293 g/mol. The SMILES string of the molecule is CN(CCCNc1nc[nH]c(=O)c1Cl)c1ccccc1. The third kappa shape index (κ3) is 3.74. The number of hydrogen-bond acceptors (Lipinski definition) is 4. The number of para-hydroxylation sites is 1. The van der Waals surface area contributed by atoms with Gasteiger partial charge in [0, 0.05) is 25.8 Å². The maximum atomic E-state index is 11.3. The van der Waals surface area contributed by atoms with Crippen molar-refractivity contribution >= 4 is 23.1 Å². The van der Waals surface area contributed by atoms with Crippen LogP contribution in [0.25, 0.3) is 0 Å². The number of aromatic amines is 1. The lowest BCUT2D eigenvalue weighted by Gasteiger charge is -2.19. The predicted octanol–water partition coefficient (Wildman–Crippen LogP) is 2.36. The summed E-state index contributed by atoms with van der Waals surface area (Å²) in [5, 5.41) is 3.17. The number of benzene rings is 1. The Morgan fingerprint density at radius 1 is 1.35 bits per heavy atom. The lowest BCUT2D eigenvalue weighted by atomic mass is 10.3. The van der Waals surface area contributed by atoms with Crippen molar-refractivity contribution in [2.45, 2.75) is 6.42 Å². The van der Waals surface area contributed by atoms with Crippen LogP contribution in [-0.4, -0.2) is 30.1 Å². The molecule has 20 heavy (non-hydrogen) atoms. The van der Waals surface area contributed by atoms with Crippen LogP contribution in [0.4, 0.5) is 11.5 Å². The van der Waals surface area contributed by atoms with E-state index >= 15 is 0 Å². The molecule has 0 amide bonds. The molecule has 6 heteroatoms. The number of nitrogens with zero attached hydrogens (tertiary/aromatic N) is 2. The van der Waals surface area contributed by atoms with Crippen LogP contribution < -0.4 is 15.8 Å². The molecule has 0 aliphatic carbocycles. The van der Waals surface area contributed by atoms with E-state index in [1.54, 1.807) is 0 Å². The number of hydrogen-bond donors (Lipinski definition) is 2. The minimum Gasteiger partial charge on any atom is -0.375 e. The summed E-state index contributed by atoms with van der Waals surface area (Å²) in [6, 6.07) is 10.2. The molecule has 0 aliphatic heterocycles. The van der Waals surface area contributed by atoms with E-state index in [0.29, 0.717) is 12.4 Å². The molecule has 2 rings (SSSR count). The second-order valence-electron chi connectivity index (χ2n) is 4.43. The van der Waals surface area contributed by atoms with Gasteiger partial charge in [-0.3, -0.25) is 4.79 Å². The van der Waals surface area contributed by atoms with Gasteiger partial charge in [-0.1, -0.05) is 29.8 Å². The number of aromatic nitrogens is 2. The fourth-order valence-electron chi connectivity index (χ4n) is 1.84. The quantitative estimate of drug-likeness (QED) is 0.803. The molecule has 0 fully saturated rings. The summed E-state index contributed by atoms with van der Waals surface area (Å²) in [6.07, 6.45) is 2.25. The number of halogens is 1. The van der Waals surface area contributed by atoms with E-state index in [4.69, 9.17) is 11.6 Å². The smallest absolute Gasteiger partial charge is 0.271 e. The molecule has 0 aliphatic rings. The highest BCUT2D eigenvalue weighted by Gasteiger charge is 2.05. The fraction of sp³-hybridized carbons (Fsp3) is 0.286. The van der Waals surface area contributed by atoms with Gasteiger partial charge in [0.15, 0.2) is 5.82 Å². The van der Waals surface area contributed by atoms with E-state index in [0.717, 1.165) is 13.0 Å².